The molecule has 1 fully saturated rings. The van der Waals surface area contributed by atoms with Crippen LogP contribution in [0.4, 0.5) is 5.13 Å². The number of ether oxygens (including phenoxy) is 1. The molecule has 0 aliphatic carbocycles. The van der Waals surface area contributed by atoms with Gasteiger partial charge in [0.2, 0.25) is 5.13 Å². The Kier molecular flexibility index (Phi) is 2.90. The molecule has 1 saturated heterocycles. The molecule has 2 heterocycles. The van der Waals surface area contributed by atoms with Gasteiger partial charge >= 0.3 is 0 Å². The van der Waals surface area contributed by atoms with Crippen LogP contribution in [0.3, 0.4) is 0 Å². The topological polar surface area (TPSA) is 58.5 Å². The monoisotopic (exact) mass is 229 g/mol. The highest BCUT2D eigenvalue weighted by atomic mass is 32.1. The minimum absolute atomic E-state index is 0.557. The quantitative estimate of drug-likeness (QED) is 0.804. The fraction of sp³-hybridized carbons (Fsp3) is 0.778. The molecule has 15 heavy (non-hydrogen) atoms. The van der Waals surface area contributed by atoms with Gasteiger partial charge in [0.1, 0.15) is 5.82 Å². The fourth-order valence-corrected chi connectivity index (χ4v) is 2.29. The number of β-amino-alcohol motifs (C(OH)–C–C–N with tert-alkyl or cyclic N) is 1. The predicted octanol–water partition coefficient (Wildman–Crippen LogP) is 0.298. The number of nitrogens with zero attached hydrogens (tertiary/aromatic N) is 3. The number of rotatable bonds is 4. The van der Waals surface area contributed by atoms with Crippen molar-refractivity contribution in [3.63, 3.8) is 0 Å². The van der Waals surface area contributed by atoms with E-state index in [2.05, 4.69) is 9.36 Å². The largest absolute Gasteiger partial charge is 0.386 e. The number of methoxy groups -OCH3 is 1. The van der Waals surface area contributed by atoms with Crippen LogP contribution in [0, 0.1) is 0 Å². The maximum absolute atomic E-state index is 9.59. The summed E-state index contributed by atoms with van der Waals surface area (Å²) in [4.78, 5) is 6.41. The van der Waals surface area contributed by atoms with Crippen LogP contribution in [-0.4, -0.2) is 46.9 Å². The van der Waals surface area contributed by atoms with Gasteiger partial charge in [-0.1, -0.05) is 0 Å². The molecule has 0 bridgehead atoms. The molecule has 0 aromatic carbocycles. The van der Waals surface area contributed by atoms with Gasteiger partial charge in [-0.25, -0.2) is 4.98 Å². The van der Waals surface area contributed by atoms with E-state index in [1.54, 1.807) is 7.11 Å². The fourth-order valence-electron chi connectivity index (χ4n) is 1.58. The Morgan fingerprint density at radius 3 is 2.93 bits per heavy atom. The first kappa shape index (κ1) is 10.8. The lowest BCUT2D eigenvalue weighted by molar-refractivity contribution is 0.0310. The van der Waals surface area contributed by atoms with E-state index in [4.69, 9.17) is 4.74 Å². The maximum Gasteiger partial charge on any atom is 0.205 e. The standard InChI is InChI=1S/C9H15N3O2S/c1-9(13)5-12(6-9)8-10-7(11-15-8)3-4-14-2/h13H,3-6H2,1-2H3. The van der Waals surface area contributed by atoms with Crippen molar-refractivity contribution in [2.45, 2.75) is 18.9 Å². The third-order valence-corrected chi connectivity index (χ3v) is 3.14. The number of aromatic nitrogens is 2. The molecule has 0 radical (unpaired) electrons. The molecule has 2 rings (SSSR count). The molecule has 0 saturated carbocycles. The highest BCUT2D eigenvalue weighted by molar-refractivity contribution is 7.09. The van der Waals surface area contributed by atoms with E-state index in [0.29, 0.717) is 19.7 Å². The molecule has 1 aromatic heterocycles. The Labute approximate surface area is 92.9 Å². The highest BCUT2D eigenvalue weighted by Crippen LogP contribution is 2.28. The zero-order valence-corrected chi connectivity index (χ0v) is 9.75. The molecule has 5 nitrogen and oxygen atoms in total. The zero-order valence-electron chi connectivity index (χ0n) is 8.93. The summed E-state index contributed by atoms with van der Waals surface area (Å²) in [5.74, 6) is 0.823. The average molecular weight is 229 g/mol. The first-order valence-electron chi connectivity index (χ1n) is 4.89. The van der Waals surface area contributed by atoms with E-state index in [1.807, 2.05) is 11.8 Å². The second-order valence-corrected chi connectivity index (χ2v) is 4.82. The van der Waals surface area contributed by atoms with E-state index in [1.165, 1.54) is 11.5 Å². The van der Waals surface area contributed by atoms with Crippen molar-refractivity contribution in [3.05, 3.63) is 5.82 Å². The number of hydrogen-bond acceptors (Lipinski definition) is 6. The summed E-state index contributed by atoms with van der Waals surface area (Å²) >= 11 is 1.38. The molecule has 1 aliphatic heterocycles. The van der Waals surface area contributed by atoms with Crippen LogP contribution in [0.25, 0.3) is 0 Å². The maximum atomic E-state index is 9.59. The van der Waals surface area contributed by atoms with E-state index < -0.39 is 5.60 Å². The van der Waals surface area contributed by atoms with Crippen LogP contribution in [0.15, 0.2) is 0 Å². The van der Waals surface area contributed by atoms with Gasteiger partial charge in [0, 0.05) is 25.1 Å². The average Bonchev–Trinajstić information content (AvgIpc) is 2.59. The summed E-state index contributed by atoms with van der Waals surface area (Å²) in [5.41, 5.74) is -0.557. The number of aliphatic hydroxyl groups is 1. The van der Waals surface area contributed by atoms with Crippen LogP contribution >= 0.6 is 11.5 Å². The Hall–Kier alpha value is -0.720. The summed E-state index contributed by atoms with van der Waals surface area (Å²) in [6, 6.07) is 0. The highest BCUT2D eigenvalue weighted by Gasteiger charge is 2.38. The Bertz CT molecular complexity index is 332. The van der Waals surface area contributed by atoms with Crippen molar-refractivity contribution < 1.29 is 9.84 Å². The molecule has 84 valence electrons. The van der Waals surface area contributed by atoms with Crippen molar-refractivity contribution >= 4 is 16.7 Å². The third-order valence-electron chi connectivity index (χ3n) is 2.32. The van der Waals surface area contributed by atoms with Gasteiger partial charge in [0.15, 0.2) is 0 Å². The van der Waals surface area contributed by atoms with Crippen molar-refractivity contribution in [1.82, 2.24) is 9.36 Å². The Morgan fingerprint density at radius 1 is 1.60 bits per heavy atom. The minimum Gasteiger partial charge on any atom is -0.386 e. The van der Waals surface area contributed by atoms with Gasteiger partial charge in [-0.3, -0.25) is 0 Å². The van der Waals surface area contributed by atoms with Crippen LogP contribution in [-0.2, 0) is 11.2 Å². The summed E-state index contributed by atoms with van der Waals surface area (Å²) in [5, 5.41) is 10.5. The van der Waals surface area contributed by atoms with Crippen LogP contribution in [0.1, 0.15) is 12.7 Å². The smallest absolute Gasteiger partial charge is 0.205 e. The van der Waals surface area contributed by atoms with Crippen molar-refractivity contribution in [2.75, 3.05) is 31.7 Å². The van der Waals surface area contributed by atoms with Crippen molar-refractivity contribution in [1.29, 1.82) is 0 Å². The minimum atomic E-state index is -0.557. The lowest BCUT2D eigenvalue weighted by Crippen LogP contribution is -2.60. The summed E-state index contributed by atoms with van der Waals surface area (Å²) in [7, 11) is 1.67. The van der Waals surface area contributed by atoms with Gasteiger partial charge < -0.3 is 14.7 Å². The second-order valence-electron chi connectivity index (χ2n) is 4.09. The molecule has 0 atom stereocenters. The van der Waals surface area contributed by atoms with E-state index in [9.17, 15) is 5.11 Å². The lowest BCUT2D eigenvalue weighted by Gasteiger charge is -2.43. The van der Waals surface area contributed by atoms with Gasteiger partial charge in [-0.15, -0.1) is 0 Å². The molecule has 1 aliphatic rings. The summed E-state index contributed by atoms with van der Waals surface area (Å²) < 4.78 is 9.19. The molecular weight excluding hydrogens is 214 g/mol. The summed E-state index contributed by atoms with van der Waals surface area (Å²) in [6.45, 7) is 3.77. The first-order valence-corrected chi connectivity index (χ1v) is 5.67. The molecule has 1 aromatic rings. The number of hydrogen-bond donors (Lipinski definition) is 1. The van der Waals surface area contributed by atoms with E-state index in [0.717, 1.165) is 17.4 Å². The molecular formula is C9H15N3O2S. The molecule has 0 unspecified atom stereocenters. The Balaban J connectivity index is 1.91. The second kappa shape index (κ2) is 4.03. The summed E-state index contributed by atoms with van der Waals surface area (Å²) in [6.07, 6.45) is 0.747. The number of anilines is 1. The zero-order chi connectivity index (χ0) is 10.9. The van der Waals surface area contributed by atoms with Crippen molar-refractivity contribution in [2.24, 2.45) is 0 Å². The SMILES string of the molecule is COCCc1nsc(N2CC(C)(O)C2)n1. The molecule has 0 spiro atoms. The third kappa shape index (κ3) is 2.45. The van der Waals surface area contributed by atoms with Crippen LogP contribution < -0.4 is 4.90 Å². The van der Waals surface area contributed by atoms with Crippen LogP contribution in [0.2, 0.25) is 0 Å². The molecule has 0 amide bonds. The lowest BCUT2D eigenvalue weighted by atomic mass is 9.98. The Morgan fingerprint density at radius 2 is 2.33 bits per heavy atom. The van der Waals surface area contributed by atoms with E-state index in [-0.39, 0.29) is 0 Å². The van der Waals surface area contributed by atoms with Crippen LogP contribution in [0.5, 0.6) is 0 Å². The first-order chi connectivity index (χ1) is 7.11. The van der Waals surface area contributed by atoms with Gasteiger partial charge in [0.05, 0.1) is 25.3 Å². The van der Waals surface area contributed by atoms with Gasteiger partial charge in [-0.2, -0.15) is 4.37 Å². The van der Waals surface area contributed by atoms with Crippen molar-refractivity contribution in [3.8, 4) is 0 Å². The van der Waals surface area contributed by atoms with E-state index >= 15 is 0 Å². The van der Waals surface area contributed by atoms with Gasteiger partial charge in [0.25, 0.3) is 0 Å². The van der Waals surface area contributed by atoms with Gasteiger partial charge in [-0.05, 0) is 6.92 Å². The molecule has 6 heteroatoms. The normalized spacial score (nSPS) is 19.0. The molecule has 1 N–H and O–H groups in total. The predicted molar refractivity (Wildman–Crippen MR) is 58.3 cm³/mol.